The van der Waals surface area contributed by atoms with Crippen LogP contribution in [0.3, 0.4) is 0 Å². The number of hydrogen-bond donors (Lipinski definition) is 0. The zero-order valence-electron chi connectivity index (χ0n) is 52.5. The molecule has 8 rings (SSSR count). The molecule has 0 spiro atoms. The molecule has 0 aromatic carbocycles. The van der Waals surface area contributed by atoms with Gasteiger partial charge in [-0.25, -0.2) is 0 Å². The quantitative estimate of drug-likeness (QED) is 0.239. The molecule has 8 saturated carbocycles. The molecule has 69 heavy (non-hydrogen) atoms. The van der Waals surface area contributed by atoms with E-state index in [1.54, 1.807) is 0 Å². The summed E-state index contributed by atoms with van der Waals surface area (Å²) in [6.07, 6.45) is 47.5. The summed E-state index contributed by atoms with van der Waals surface area (Å²) < 4.78 is 0. The Morgan fingerprint density at radius 1 is 0.246 bits per heavy atom. The molecule has 0 atom stereocenters. The van der Waals surface area contributed by atoms with Crippen LogP contribution in [0.4, 0.5) is 0 Å². The van der Waals surface area contributed by atoms with Crippen LogP contribution in [0.15, 0.2) is 0 Å². The Morgan fingerprint density at radius 3 is 0.623 bits per heavy atom. The van der Waals surface area contributed by atoms with Gasteiger partial charge in [0.05, 0.1) is 0 Å². The van der Waals surface area contributed by atoms with Gasteiger partial charge < -0.3 is 0 Å². The standard InChI is InChI=1S/2C10H20.3C9H18.C8H16.2C7H14/c1-10(2,3)9-7-5-4-6-8-9;1-9(2)8-10-6-4-3-5-7-10;1-9(2,3)7-8-5-4-6-8;1-9(2,3)8-6-4-5-7-8;1-8(2)7-9-5-3-4-6-9;1-8(2,3)7-5-4-6-7;1-7(2,3)6-4-5-6;1-6(2)5-7-3-4-7/h9H,4-8H2,1-3H3;9-10H,3-8H2,1-2H3;2*8H,4-7H2,1-3H3;8-9H,3-7H2,1-2H3;7H,4-6H2,1-3H3;6H,4-5H2,1-3H3;6-7H,3-5H2,1-2H3. The van der Waals surface area contributed by atoms with Gasteiger partial charge in [-0.05, 0) is 169 Å². The molecule has 0 amide bonds. The predicted octanol–water partition coefficient (Wildman–Crippen LogP) is 24.6. The highest BCUT2D eigenvalue weighted by Crippen LogP contribution is 2.45. The van der Waals surface area contributed by atoms with E-state index < -0.39 is 0 Å². The molecule has 0 N–H and O–H groups in total. The van der Waals surface area contributed by atoms with E-state index in [0.29, 0.717) is 27.1 Å². The average Bonchev–Trinajstić information content (AvgIpc) is 4.09. The van der Waals surface area contributed by atoms with Gasteiger partial charge in [0.15, 0.2) is 0 Å². The smallest absolute Gasteiger partial charge is 0.0354 e. The molecular formula is C69H138. The lowest BCUT2D eigenvalue weighted by molar-refractivity contribution is 0.141. The molecule has 0 unspecified atom stereocenters. The second-order valence-electron chi connectivity index (χ2n) is 32.2. The van der Waals surface area contributed by atoms with Gasteiger partial charge in [-0.15, -0.1) is 0 Å². The summed E-state index contributed by atoms with van der Waals surface area (Å²) >= 11 is 0. The molecule has 0 aromatic heterocycles. The lowest BCUT2D eigenvalue weighted by Gasteiger charge is -2.37. The van der Waals surface area contributed by atoms with Crippen molar-refractivity contribution in [3.8, 4) is 0 Å². The lowest BCUT2D eigenvalue weighted by Crippen LogP contribution is -2.26. The van der Waals surface area contributed by atoms with Gasteiger partial charge in [-0.2, -0.15) is 0 Å². The second-order valence-corrected chi connectivity index (χ2v) is 32.2. The molecule has 8 aliphatic rings. The van der Waals surface area contributed by atoms with Crippen molar-refractivity contribution >= 4 is 0 Å². The summed E-state index contributed by atoms with van der Waals surface area (Å²) in [4.78, 5) is 0. The maximum absolute atomic E-state index is 2.38. The van der Waals surface area contributed by atoms with E-state index in [9.17, 15) is 0 Å². The first-order valence-corrected chi connectivity index (χ1v) is 31.9. The maximum atomic E-state index is 2.38. The van der Waals surface area contributed by atoms with Gasteiger partial charge in [0.2, 0.25) is 0 Å². The number of rotatable bonds is 7. The van der Waals surface area contributed by atoms with Crippen molar-refractivity contribution in [2.75, 3.05) is 0 Å². The fourth-order valence-electron chi connectivity index (χ4n) is 12.6. The summed E-state index contributed by atoms with van der Waals surface area (Å²) in [5.41, 5.74) is 2.93. The fraction of sp³-hybridized carbons (Fsp3) is 1.00. The zero-order chi connectivity index (χ0) is 52.5. The van der Waals surface area contributed by atoms with Crippen LogP contribution in [0.2, 0.25) is 0 Å². The van der Waals surface area contributed by atoms with Crippen molar-refractivity contribution in [2.45, 2.75) is 351 Å². The van der Waals surface area contributed by atoms with E-state index in [-0.39, 0.29) is 0 Å². The Labute approximate surface area is 441 Å². The molecule has 0 aromatic rings. The van der Waals surface area contributed by atoms with E-state index >= 15 is 0 Å². The minimum Gasteiger partial charge on any atom is -0.0628 e. The summed E-state index contributed by atoms with van der Waals surface area (Å²) in [6, 6.07) is 0. The third-order valence-corrected chi connectivity index (χ3v) is 18.0. The molecule has 0 bridgehead atoms. The van der Waals surface area contributed by atoms with Crippen LogP contribution < -0.4 is 0 Å². The number of hydrogen-bond acceptors (Lipinski definition) is 0. The van der Waals surface area contributed by atoms with Gasteiger partial charge in [0.1, 0.15) is 0 Å². The first-order chi connectivity index (χ1) is 31.9. The molecule has 8 fully saturated rings. The van der Waals surface area contributed by atoms with Crippen LogP contribution in [0, 0.1) is 92.2 Å². The molecule has 0 aliphatic heterocycles. The molecule has 414 valence electrons. The van der Waals surface area contributed by atoms with Gasteiger partial charge >= 0.3 is 0 Å². The molecule has 0 nitrogen and oxygen atoms in total. The summed E-state index contributed by atoms with van der Waals surface area (Å²) in [6.45, 7) is 49.2. The van der Waals surface area contributed by atoms with Crippen LogP contribution in [0.5, 0.6) is 0 Å². The average molecular weight is 968 g/mol. The van der Waals surface area contributed by atoms with Crippen LogP contribution >= 0.6 is 0 Å². The Morgan fingerprint density at radius 2 is 0.464 bits per heavy atom. The molecular weight excluding hydrogens is 829 g/mol. The predicted molar refractivity (Wildman–Crippen MR) is 317 cm³/mol. The largest absolute Gasteiger partial charge is 0.0628 e. The topological polar surface area (TPSA) is 0 Å². The van der Waals surface area contributed by atoms with Crippen LogP contribution in [0.1, 0.15) is 351 Å². The third kappa shape index (κ3) is 37.4. The van der Waals surface area contributed by atoms with Gasteiger partial charge in [0.25, 0.3) is 0 Å². The Kier molecular flexibility index (Phi) is 32.8. The fourth-order valence-corrected chi connectivity index (χ4v) is 12.6. The van der Waals surface area contributed by atoms with Gasteiger partial charge in [-0.3, -0.25) is 0 Å². The van der Waals surface area contributed by atoms with Crippen molar-refractivity contribution in [1.29, 1.82) is 0 Å². The third-order valence-electron chi connectivity index (χ3n) is 18.0. The van der Waals surface area contributed by atoms with E-state index in [2.05, 4.69) is 145 Å². The van der Waals surface area contributed by atoms with Crippen LogP contribution in [0.25, 0.3) is 0 Å². The summed E-state index contributed by atoms with van der Waals surface area (Å²) in [5.74, 6) is 11.2. The monoisotopic (exact) mass is 967 g/mol. The Balaban J connectivity index is 0.000000395. The zero-order valence-corrected chi connectivity index (χ0v) is 52.5. The molecule has 8 aliphatic carbocycles. The van der Waals surface area contributed by atoms with Crippen LogP contribution in [-0.2, 0) is 0 Å². The first kappa shape index (κ1) is 67.0. The highest BCUT2D eigenvalue weighted by Gasteiger charge is 2.33. The highest BCUT2D eigenvalue weighted by atomic mass is 14.4. The van der Waals surface area contributed by atoms with E-state index in [1.807, 2.05) is 0 Å². The van der Waals surface area contributed by atoms with Crippen molar-refractivity contribution < 1.29 is 0 Å². The first-order valence-electron chi connectivity index (χ1n) is 31.9. The van der Waals surface area contributed by atoms with Gasteiger partial charge in [-0.1, -0.05) is 274 Å². The van der Waals surface area contributed by atoms with E-state index in [4.69, 9.17) is 0 Å². The molecule has 0 saturated heterocycles. The Hall–Kier alpha value is 0. The highest BCUT2D eigenvalue weighted by molar-refractivity contribution is 4.84. The van der Waals surface area contributed by atoms with Crippen molar-refractivity contribution in [1.82, 2.24) is 0 Å². The summed E-state index contributed by atoms with van der Waals surface area (Å²) in [7, 11) is 0. The second kappa shape index (κ2) is 33.8. The lowest BCUT2D eigenvalue weighted by atomic mass is 9.69. The SMILES string of the molecule is CC(C)(C)C1CC1.CC(C)(C)C1CCC1.CC(C)(C)C1CCCC1.CC(C)(C)C1CCCCC1.CC(C)(C)CC1CCC1.CC(C)CC1CC1.CC(C)CC1CCCC1.CC(C)CC1CCCCC1. The summed E-state index contributed by atoms with van der Waals surface area (Å²) in [5, 5.41) is 0. The maximum Gasteiger partial charge on any atom is -0.0354 e. The minimum absolute atomic E-state index is 0.570. The molecule has 0 heteroatoms. The Bertz CT molecular complexity index is 1150. The van der Waals surface area contributed by atoms with E-state index in [0.717, 1.165) is 65.1 Å². The van der Waals surface area contributed by atoms with E-state index in [1.165, 1.54) is 205 Å². The molecule has 0 heterocycles. The van der Waals surface area contributed by atoms with Crippen molar-refractivity contribution in [2.24, 2.45) is 92.2 Å². The minimum atomic E-state index is 0.570. The van der Waals surface area contributed by atoms with Crippen LogP contribution in [-0.4, -0.2) is 0 Å². The molecule has 0 radical (unpaired) electrons. The van der Waals surface area contributed by atoms with Crippen molar-refractivity contribution in [3.05, 3.63) is 0 Å². The van der Waals surface area contributed by atoms with Crippen molar-refractivity contribution in [3.63, 3.8) is 0 Å². The van der Waals surface area contributed by atoms with Gasteiger partial charge in [0, 0.05) is 0 Å². The normalized spacial score (nSPS) is 22.3.